The summed E-state index contributed by atoms with van der Waals surface area (Å²) >= 11 is 0. The molecule has 1 aliphatic rings. The second-order valence-electron chi connectivity index (χ2n) is 12.7. The van der Waals surface area contributed by atoms with Crippen molar-refractivity contribution in [2.24, 2.45) is 10.8 Å². The van der Waals surface area contributed by atoms with E-state index in [-0.39, 0.29) is 17.0 Å². The Hall–Kier alpha value is -3.87. The lowest BCUT2D eigenvalue weighted by Crippen LogP contribution is -2.36. The fourth-order valence-electron chi connectivity index (χ4n) is 5.06. The average molecular weight is 579 g/mol. The molecule has 2 N–H and O–H groups in total. The van der Waals surface area contributed by atoms with E-state index >= 15 is 0 Å². The molecule has 3 nitrogen and oxygen atoms in total. The van der Waals surface area contributed by atoms with Crippen molar-refractivity contribution in [3.63, 3.8) is 0 Å². The Bertz CT molecular complexity index is 1500. The van der Waals surface area contributed by atoms with Crippen molar-refractivity contribution in [3.05, 3.63) is 129 Å². The van der Waals surface area contributed by atoms with Gasteiger partial charge in [0.1, 0.15) is 5.76 Å². The van der Waals surface area contributed by atoms with Crippen LogP contribution < -0.4 is 0 Å². The van der Waals surface area contributed by atoms with E-state index in [0.29, 0.717) is 18.4 Å². The molecule has 0 aliphatic heterocycles. The predicted octanol–water partition coefficient (Wildman–Crippen LogP) is 9.62. The lowest BCUT2D eigenvalue weighted by Gasteiger charge is -2.35. The monoisotopic (exact) mass is 578 g/mol. The van der Waals surface area contributed by atoms with Crippen LogP contribution in [0.25, 0.3) is 0 Å². The molecular formula is C40H50O3. The molecule has 43 heavy (non-hydrogen) atoms. The van der Waals surface area contributed by atoms with Crippen LogP contribution in [-0.4, -0.2) is 22.1 Å². The van der Waals surface area contributed by atoms with Crippen molar-refractivity contribution in [1.82, 2.24) is 0 Å². The molecule has 0 aromatic heterocycles. The lowest BCUT2D eigenvalue weighted by molar-refractivity contribution is -0.127. The van der Waals surface area contributed by atoms with Crippen molar-refractivity contribution >= 4 is 5.78 Å². The maximum Gasteiger partial charge on any atom is 0.165 e. The second-order valence-corrected chi connectivity index (χ2v) is 12.7. The topological polar surface area (TPSA) is 57.5 Å². The summed E-state index contributed by atoms with van der Waals surface area (Å²) in [6.07, 6.45) is 21.5. The summed E-state index contributed by atoms with van der Waals surface area (Å²) in [5, 5.41) is 20.6. The Morgan fingerprint density at radius 3 is 1.98 bits per heavy atom. The third-order valence-electron chi connectivity index (χ3n) is 8.79. The Balaban J connectivity index is 1.94. The zero-order chi connectivity index (χ0) is 32.4. The first kappa shape index (κ1) is 35.3. The molecule has 0 spiro atoms. The zero-order valence-corrected chi connectivity index (χ0v) is 27.8. The number of benzene rings is 1. The number of hydrogen-bond donors (Lipinski definition) is 2. The average Bonchev–Trinajstić information content (AvgIpc) is 3.15. The van der Waals surface area contributed by atoms with Gasteiger partial charge in [-0.1, -0.05) is 111 Å². The molecule has 2 rings (SSSR count). The molecule has 1 aromatic carbocycles. The Kier molecular flexibility index (Phi) is 12.8. The highest BCUT2D eigenvalue weighted by molar-refractivity contribution is 5.96. The lowest BCUT2D eigenvalue weighted by atomic mass is 9.66. The number of hydrogen-bond acceptors (Lipinski definition) is 3. The number of rotatable bonds is 9. The summed E-state index contributed by atoms with van der Waals surface area (Å²) in [4.78, 5) is 13.0. The largest absolute Gasteiger partial charge is 0.508 e. The summed E-state index contributed by atoms with van der Waals surface area (Å²) in [5.41, 5.74) is 7.67. The summed E-state index contributed by atoms with van der Waals surface area (Å²) in [6, 6.07) is 4.22. The highest BCUT2D eigenvalue weighted by atomic mass is 16.3. The standard InChI is InChI=1S/C40H50O3/c1-28(17-13-18-30(3)21-23-35-24-22-31(4)33(6)34(35)7)15-11-12-16-29(2)19-14-20-32(5)37(42)25-38(43)40(10)27-36(41)26-39(40,8)9/h11-20,22,24-25,36,41-42H,26-27H2,1-10H3. The molecule has 1 aromatic rings. The van der Waals surface area contributed by atoms with Crippen molar-refractivity contribution < 1.29 is 15.0 Å². The van der Waals surface area contributed by atoms with Gasteiger partial charge in [-0.25, -0.2) is 0 Å². The number of aryl methyl sites for hydroxylation is 1. The van der Waals surface area contributed by atoms with Crippen molar-refractivity contribution in [3.8, 4) is 11.8 Å². The van der Waals surface area contributed by atoms with Gasteiger partial charge in [0, 0.05) is 17.1 Å². The Morgan fingerprint density at radius 1 is 0.837 bits per heavy atom. The molecular weight excluding hydrogens is 528 g/mol. The van der Waals surface area contributed by atoms with Crippen LogP contribution in [0.1, 0.15) is 83.6 Å². The third kappa shape index (κ3) is 10.1. The number of ketones is 1. The zero-order valence-electron chi connectivity index (χ0n) is 27.8. The maximum atomic E-state index is 13.0. The molecule has 2 unspecified atom stereocenters. The van der Waals surface area contributed by atoms with E-state index in [9.17, 15) is 15.0 Å². The summed E-state index contributed by atoms with van der Waals surface area (Å²) < 4.78 is 0. The van der Waals surface area contributed by atoms with Crippen LogP contribution >= 0.6 is 0 Å². The van der Waals surface area contributed by atoms with E-state index in [2.05, 4.69) is 57.7 Å². The van der Waals surface area contributed by atoms with Crippen molar-refractivity contribution in [2.75, 3.05) is 0 Å². The Morgan fingerprint density at radius 2 is 1.42 bits per heavy atom. The molecule has 2 atom stereocenters. The smallest absolute Gasteiger partial charge is 0.165 e. The summed E-state index contributed by atoms with van der Waals surface area (Å²) in [5.74, 6) is 6.35. The quantitative estimate of drug-likeness (QED) is 0.133. The minimum Gasteiger partial charge on any atom is -0.508 e. The van der Waals surface area contributed by atoms with Crippen LogP contribution in [0.5, 0.6) is 0 Å². The fourth-order valence-corrected chi connectivity index (χ4v) is 5.06. The third-order valence-corrected chi connectivity index (χ3v) is 8.79. The van der Waals surface area contributed by atoms with E-state index in [1.165, 1.54) is 22.8 Å². The van der Waals surface area contributed by atoms with Crippen LogP contribution in [0.2, 0.25) is 0 Å². The van der Waals surface area contributed by atoms with Gasteiger partial charge >= 0.3 is 0 Å². The van der Waals surface area contributed by atoms with Gasteiger partial charge in [-0.15, -0.1) is 0 Å². The van der Waals surface area contributed by atoms with Gasteiger partial charge < -0.3 is 10.2 Å². The number of aliphatic hydroxyl groups excluding tert-OH is 2. The normalized spacial score (nSPS) is 22.1. The van der Waals surface area contributed by atoms with Gasteiger partial charge in [0.25, 0.3) is 0 Å². The number of allylic oxidation sites excluding steroid dienone is 15. The van der Waals surface area contributed by atoms with E-state index in [1.54, 1.807) is 13.0 Å². The van der Waals surface area contributed by atoms with Crippen LogP contribution in [0.15, 0.2) is 107 Å². The van der Waals surface area contributed by atoms with Gasteiger partial charge in [-0.2, -0.15) is 0 Å². The van der Waals surface area contributed by atoms with Crippen molar-refractivity contribution in [1.29, 1.82) is 0 Å². The van der Waals surface area contributed by atoms with Gasteiger partial charge in [-0.05, 0) is 101 Å². The minimum atomic E-state index is -0.699. The maximum absolute atomic E-state index is 13.0. The molecule has 228 valence electrons. The molecule has 0 bridgehead atoms. The molecule has 0 amide bonds. The highest BCUT2D eigenvalue weighted by Gasteiger charge is 2.53. The molecule has 0 radical (unpaired) electrons. The molecule has 1 fully saturated rings. The van der Waals surface area contributed by atoms with Gasteiger partial charge in [0.15, 0.2) is 5.78 Å². The van der Waals surface area contributed by atoms with Gasteiger partial charge in [-0.3, -0.25) is 4.79 Å². The first-order valence-corrected chi connectivity index (χ1v) is 15.0. The van der Waals surface area contributed by atoms with E-state index in [4.69, 9.17) is 0 Å². The minimum absolute atomic E-state index is 0.0446. The van der Waals surface area contributed by atoms with Crippen LogP contribution in [0.3, 0.4) is 0 Å². The van der Waals surface area contributed by atoms with Crippen LogP contribution in [-0.2, 0) is 4.79 Å². The second kappa shape index (κ2) is 15.6. The molecule has 1 aliphatic carbocycles. The molecule has 0 heterocycles. The predicted molar refractivity (Wildman–Crippen MR) is 183 cm³/mol. The SMILES string of the molecule is CC(C#Cc1ccc(C)c(C)c1C)=CC=CC(C)=CC=CC=C(C)C=CC=C(C)C(O)=CC(=O)C1(C)CC(O)CC1(C)C. The molecule has 1 saturated carbocycles. The summed E-state index contributed by atoms with van der Waals surface area (Å²) in [7, 11) is 0. The van der Waals surface area contributed by atoms with Gasteiger partial charge in [0.05, 0.1) is 6.10 Å². The van der Waals surface area contributed by atoms with E-state index < -0.39 is 11.5 Å². The van der Waals surface area contributed by atoms with Crippen molar-refractivity contribution in [2.45, 2.75) is 88.2 Å². The van der Waals surface area contributed by atoms with Crippen LogP contribution in [0.4, 0.5) is 0 Å². The van der Waals surface area contributed by atoms with Crippen LogP contribution in [0, 0.1) is 43.4 Å². The molecule has 3 heteroatoms. The number of carbonyl (C=O) groups is 1. The van der Waals surface area contributed by atoms with E-state index in [0.717, 1.165) is 22.3 Å². The fraction of sp³-hybridized carbons (Fsp3) is 0.375. The highest BCUT2D eigenvalue weighted by Crippen LogP contribution is 2.53. The van der Waals surface area contributed by atoms with Gasteiger partial charge in [0.2, 0.25) is 0 Å². The first-order valence-electron chi connectivity index (χ1n) is 15.0. The summed E-state index contributed by atoms with van der Waals surface area (Å²) in [6.45, 7) is 20.1. The van der Waals surface area contributed by atoms with E-state index in [1.807, 2.05) is 83.2 Å². The Labute approximate surface area is 260 Å². The number of aliphatic hydroxyl groups is 2. The molecule has 0 saturated heterocycles. The number of carbonyl (C=O) groups excluding carboxylic acids is 1. The first-order chi connectivity index (χ1) is 20.1.